The number of benzene rings is 1. The summed E-state index contributed by atoms with van der Waals surface area (Å²) in [7, 11) is 0. The van der Waals surface area contributed by atoms with Crippen molar-refractivity contribution < 1.29 is 0 Å². The summed E-state index contributed by atoms with van der Waals surface area (Å²) >= 11 is 5.91. The first-order valence-corrected chi connectivity index (χ1v) is 4.34. The van der Waals surface area contributed by atoms with Gasteiger partial charge in [-0.25, -0.2) is 0 Å². The van der Waals surface area contributed by atoms with Gasteiger partial charge in [0, 0.05) is 17.1 Å². The molecule has 0 radical (unpaired) electrons. The van der Waals surface area contributed by atoms with Gasteiger partial charge < -0.3 is 4.98 Å². The van der Waals surface area contributed by atoms with Crippen LogP contribution >= 0.6 is 11.6 Å². The first-order chi connectivity index (χ1) is 6.20. The molecule has 1 aromatic heterocycles. The van der Waals surface area contributed by atoms with E-state index in [2.05, 4.69) is 4.98 Å². The van der Waals surface area contributed by atoms with Crippen molar-refractivity contribution in [1.29, 1.82) is 0 Å². The molecule has 0 fully saturated rings. The molecule has 1 N–H and O–H groups in total. The summed E-state index contributed by atoms with van der Waals surface area (Å²) in [6, 6.07) is 5.31. The fourth-order valence-electron chi connectivity index (χ4n) is 1.32. The Morgan fingerprint density at radius 2 is 2.15 bits per heavy atom. The highest BCUT2D eigenvalue weighted by Crippen LogP contribution is 2.18. The van der Waals surface area contributed by atoms with Gasteiger partial charge in [0.15, 0.2) is 5.43 Å². The molecule has 0 aliphatic rings. The Morgan fingerprint density at radius 3 is 2.92 bits per heavy atom. The van der Waals surface area contributed by atoms with Gasteiger partial charge in [-0.15, -0.1) is 0 Å². The Labute approximate surface area is 80.2 Å². The van der Waals surface area contributed by atoms with Crippen molar-refractivity contribution >= 4 is 22.5 Å². The largest absolute Gasteiger partial charge is 0.359 e. The maximum absolute atomic E-state index is 11.6. The maximum Gasteiger partial charge on any atom is 0.192 e. The topological polar surface area (TPSA) is 32.9 Å². The number of para-hydroxylation sites is 1. The van der Waals surface area contributed by atoms with E-state index in [1.807, 2.05) is 0 Å². The van der Waals surface area contributed by atoms with Crippen LogP contribution in [0.3, 0.4) is 0 Å². The van der Waals surface area contributed by atoms with E-state index in [1.165, 1.54) is 0 Å². The first kappa shape index (κ1) is 8.32. The van der Waals surface area contributed by atoms with Crippen molar-refractivity contribution in [2.75, 3.05) is 0 Å². The molecule has 13 heavy (non-hydrogen) atoms. The van der Waals surface area contributed by atoms with Gasteiger partial charge >= 0.3 is 0 Å². The third-order valence-electron chi connectivity index (χ3n) is 2.05. The van der Waals surface area contributed by atoms with E-state index in [9.17, 15) is 4.79 Å². The lowest BCUT2D eigenvalue weighted by Crippen LogP contribution is -2.05. The molecular formula is C10H8ClNO. The zero-order valence-corrected chi connectivity index (χ0v) is 7.85. The molecule has 0 unspecified atom stereocenters. The number of pyridine rings is 1. The number of fused-ring (bicyclic) bond motifs is 1. The van der Waals surface area contributed by atoms with Crippen LogP contribution in [0.4, 0.5) is 0 Å². The number of hydrogen-bond donors (Lipinski definition) is 1. The fourth-order valence-corrected chi connectivity index (χ4v) is 1.55. The molecule has 1 aromatic carbocycles. The molecule has 2 rings (SSSR count). The lowest BCUT2D eigenvalue weighted by molar-refractivity contribution is 1.30. The van der Waals surface area contributed by atoms with Crippen LogP contribution < -0.4 is 5.43 Å². The van der Waals surface area contributed by atoms with Gasteiger partial charge in [-0.1, -0.05) is 17.7 Å². The average molecular weight is 194 g/mol. The summed E-state index contributed by atoms with van der Waals surface area (Å²) < 4.78 is 0. The molecule has 0 spiro atoms. The number of rotatable bonds is 0. The Bertz CT molecular complexity index is 516. The third-order valence-corrected chi connectivity index (χ3v) is 2.36. The molecule has 0 saturated heterocycles. The summed E-state index contributed by atoms with van der Waals surface area (Å²) in [6.45, 7) is 1.78. The third kappa shape index (κ3) is 1.23. The molecule has 3 heteroatoms. The van der Waals surface area contributed by atoms with E-state index in [4.69, 9.17) is 11.6 Å². The lowest BCUT2D eigenvalue weighted by Gasteiger charge is -2.00. The summed E-state index contributed by atoms with van der Waals surface area (Å²) in [5.41, 5.74) is 1.45. The molecule has 0 atom stereocenters. The molecule has 0 aliphatic heterocycles. The number of hydrogen-bond acceptors (Lipinski definition) is 1. The molecule has 0 bridgehead atoms. The Morgan fingerprint density at radius 1 is 1.38 bits per heavy atom. The monoisotopic (exact) mass is 193 g/mol. The van der Waals surface area contributed by atoms with Gasteiger partial charge in [0.05, 0.1) is 10.5 Å². The minimum absolute atomic E-state index is 0.0382. The quantitative estimate of drug-likeness (QED) is 0.685. The SMILES string of the molecule is Cc1c[nH]c2c(Cl)cccc2c1=O. The van der Waals surface area contributed by atoms with Gasteiger partial charge in [0.25, 0.3) is 0 Å². The van der Waals surface area contributed by atoms with Crippen LogP contribution in [0.25, 0.3) is 10.9 Å². The second kappa shape index (κ2) is 2.89. The van der Waals surface area contributed by atoms with Crippen molar-refractivity contribution in [2.24, 2.45) is 0 Å². The average Bonchev–Trinajstić information content (AvgIpc) is 2.12. The van der Waals surface area contributed by atoms with Crippen molar-refractivity contribution in [1.82, 2.24) is 4.98 Å². The van der Waals surface area contributed by atoms with Gasteiger partial charge in [-0.3, -0.25) is 4.79 Å². The number of halogens is 1. The molecule has 66 valence electrons. The summed E-state index contributed by atoms with van der Waals surface area (Å²) in [5.74, 6) is 0. The van der Waals surface area contributed by atoms with Crippen LogP contribution in [-0.2, 0) is 0 Å². The van der Waals surface area contributed by atoms with E-state index in [1.54, 1.807) is 31.3 Å². The smallest absolute Gasteiger partial charge is 0.192 e. The summed E-state index contributed by atoms with van der Waals surface area (Å²) in [5, 5.41) is 1.22. The first-order valence-electron chi connectivity index (χ1n) is 3.96. The fraction of sp³-hybridized carbons (Fsp3) is 0.100. The van der Waals surface area contributed by atoms with Gasteiger partial charge in [0.1, 0.15) is 0 Å². The van der Waals surface area contributed by atoms with E-state index in [-0.39, 0.29) is 5.43 Å². The van der Waals surface area contributed by atoms with E-state index in [0.29, 0.717) is 21.5 Å². The van der Waals surface area contributed by atoms with Crippen molar-refractivity contribution in [3.05, 3.63) is 45.2 Å². The van der Waals surface area contributed by atoms with Gasteiger partial charge in [-0.2, -0.15) is 0 Å². The summed E-state index contributed by atoms with van der Waals surface area (Å²) in [4.78, 5) is 14.6. The standard InChI is InChI=1S/C10H8ClNO/c1-6-5-12-9-7(10(6)13)3-2-4-8(9)11/h2-5H,1H3,(H,12,13). The van der Waals surface area contributed by atoms with Crippen molar-refractivity contribution in [3.63, 3.8) is 0 Å². The predicted octanol–water partition coefficient (Wildman–Crippen LogP) is 2.49. The molecule has 0 saturated carbocycles. The lowest BCUT2D eigenvalue weighted by atomic mass is 10.1. The maximum atomic E-state index is 11.6. The van der Waals surface area contributed by atoms with Gasteiger partial charge in [-0.05, 0) is 19.1 Å². The molecular weight excluding hydrogens is 186 g/mol. The molecule has 1 heterocycles. The van der Waals surface area contributed by atoms with Crippen molar-refractivity contribution in [3.8, 4) is 0 Å². The summed E-state index contributed by atoms with van der Waals surface area (Å²) in [6.07, 6.45) is 1.68. The molecule has 2 nitrogen and oxygen atoms in total. The number of H-pyrrole nitrogens is 1. The Hall–Kier alpha value is -1.28. The highest BCUT2D eigenvalue weighted by molar-refractivity contribution is 6.34. The zero-order chi connectivity index (χ0) is 9.42. The van der Waals surface area contributed by atoms with E-state index in [0.717, 1.165) is 0 Å². The number of aromatic amines is 1. The molecule has 0 amide bonds. The van der Waals surface area contributed by atoms with Crippen LogP contribution in [0.5, 0.6) is 0 Å². The predicted molar refractivity (Wildman–Crippen MR) is 54.3 cm³/mol. The van der Waals surface area contributed by atoms with Crippen LogP contribution in [0.1, 0.15) is 5.56 Å². The van der Waals surface area contributed by atoms with Crippen LogP contribution in [0.2, 0.25) is 5.02 Å². The molecule has 2 aromatic rings. The number of aromatic nitrogens is 1. The van der Waals surface area contributed by atoms with Crippen LogP contribution in [0, 0.1) is 6.92 Å². The van der Waals surface area contributed by atoms with Crippen LogP contribution in [-0.4, -0.2) is 4.98 Å². The highest BCUT2D eigenvalue weighted by atomic mass is 35.5. The minimum Gasteiger partial charge on any atom is -0.359 e. The van der Waals surface area contributed by atoms with E-state index >= 15 is 0 Å². The Balaban J connectivity index is 3.03. The highest BCUT2D eigenvalue weighted by Gasteiger charge is 2.03. The van der Waals surface area contributed by atoms with E-state index < -0.39 is 0 Å². The normalized spacial score (nSPS) is 10.6. The zero-order valence-electron chi connectivity index (χ0n) is 7.10. The minimum atomic E-state index is 0.0382. The number of aryl methyl sites for hydroxylation is 1. The van der Waals surface area contributed by atoms with Crippen LogP contribution in [0.15, 0.2) is 29.2 Å². The number of nitrogens with one attached hydrogen (secondary N) is 1. The second-order valence-electron chi connectivity index (χ2n) is 2.96. The van der Waals surface area contributed by atoms with Gasteiger partial charge in [0.2, 0.25) is 0 Å². The van der Waals surface area contributed by atoms with Crippen molar-refractivity contribution in [2.45, 2.75) is 6.92 Å². The molecule has 0 aliphatic carbocycles. The second-order valence-corrected chi connectivity index (χ2v) is 3.37. The Kier molecular flexibility index (Phi) is 1.85.